The summed E-state index contributed by atoms with van der Waals surface area (Å²) in [5.74, 6) is 0. The molecule has 0 bridgehead atoms. The van der Waals surface area contributed by atoms with E-state index in [1.807, 2.05) is 44.2 Å². The van der Waals surface area contributed by atoms with Gasteiger partial charge in [-0.25, -0.2) is 0 Å². The topological polar surface area (TPSA) is 66.6 Å². The Bertz CT molecular complexity index is 458. The first-order valence-corrected chi connectivity index (χ1v) is 7.95. The lowest BCUT2D eigenvalue weighted by molar-refractivity contribution is 0.348. The summed E-state index contributed by atoms with van der Waals surface area (Å²) in [6.07, 6.45) is 0. The monoisotopic (exact) mass is 285 g/mol. The van der Waals surface area contributed by atoms with Crippen LogP contribution in [0.25, 0.3) is 0 Å². The second-order valence-corrected chi connectivity index (χ2v) is 6.13. The molecule has 0 aliphatic carbocycles. The number of benzene rings is 1. The highest BCUT2D eigenvalue weighted by Gasteiger charge is 2.26. The molecule has 1 aromatic carbocycles. The predicted molar refractivity (Wildman–Crippen MR) is 77.7 cm³/mol. The van der Waals surface area contributed by atoms with Crippen molar-refractivity contribution in [2.24, 2.45) is 5.73 Å². The first kappa shape index (κ1) is 16.1. The minimum Gasteiger partial charge on any atom is -0.329 e. The third-order valence-corrected chi connectivity index (χ3v) is 5.07. The highest BCUT2D eigenvalue weighted by Crippen LogP contribution is 2.12. The maximum Gasteiger partial charge on any atom is 0.282 e. The van der Waals surface area contributed by atoms with Crippen LogP contribution in [0.4, 0.5) is 0 Å². The zero-order valence-electron chi connectivity index (χ0n) is 11.6. The van der Waals surface area contributed by atoms with Crippen molar-refractivity contribution in [3.05, 3.63) is 35.9 Å². The summed E-state index contributed by atoms with van der Waals surface area (Å²) in [7, 11) is -3.44. The summed E-state index contributed by atoms with van der Waals surface area (Å²) >= 11 is 0. The quantitative estimate of drug-likeness (QED) is 0.776. The van der Waals surface area contributed by atoms with Gasteiger partial charge in [-0.1, -0.05) is 44.2 Å². The van der Waals surface area contributed by atoms with Crippen LogP contribution < -0.4 is 5.73 Å². The van der Waals surface area contributed by atoms with E-state index in [2.05, 4.69) is 0 Å². The Kier molecular flexibility index (Phi) is 6.44. The van der Waals surface area contributed by atoms with E-state index in [0.29, 0.717) is 32.7 Å². The molecule has 2 N–H and O–H groups in total. The molecular weight excluding hydrogens is 262 g/mol. The maximum atomic E-state index is 12.5. The standard InChI is InChI=1S/C13H23N3O2S/c1-3-15(4-2)19(17,18)16(11-10-14)12-13-8-6-5-7-9-13/h5-9H,3-4,10-12,14H2,1-2H3. The molecule has 0 amide bonds. The molecule has 0 aliphatic heterocycles. The molecular formula is C13H23N3O2S. The average molecular weight is 285 g/mol. The number of hydrogen-bond acceptors (Lipinski definition) is 3. The van der Waals surface area contributed by atoms with Crippen LogP contribution in [-0.2, 0) is 16.8 Å². The van der Waals surface area contributed by atoms with Crippen LogP contribution in [0.2, 0.25) is 0 Å². The van der Waals surface area contributed by atoms with Crippen LogP contribution in [0.1, 0.15) is 19.4 Å². The van der Waals surface area contributed by atoms with Crippen molar-refractivity contribution in [2.75, 3.05) is 26.2 Å². The van der Waals surface area contributed by atoms with Gasteiger partial charge in [0.2, 0.25) is 0 Å². The molecule has 0 atom stereocenters. The highest BCUT2D eigenvalue weighted by molar-refractivity contribution is 7.86. The van der Waals surface area contributed by atoms with Gasteiger partial charge in [0.15, 0.2) is 0 Å². The zero-order valence-corrected chi connectivity index (χ0v) is 12.4. The fourth-order valence-electron chi connectivity index (χ4n) is 1.92. The van der Waals surface area contributed by atoms with Gasteiger partial charge in [-0.05, 0) is 5.56 Å². The number of nitrogens with zero attached hydrogens (tertiary/aromatic N) is 2. The van der Waals surface area contributed by atoms with Crippen LogP contribution in [0.3, 0.4) is 0 Å². The van der Waals surface area contributed by atoms with Crippen molar-refractivity contribution in [1.29, 1.82) is 0 Å². The highest BCUT2D eigenvalue weighted by atomic mass is 32.2. The van der Waals surface area contributed by atoms with Crippen molar-refractivity contribution in [3.63, 3.8) is 0 Å². The molecule has 1 rings (SSSR count). The fourth-order valence-corrected chi connectivity index (χ4v) is 3.55. The Morgan fingerprint density at radius 1 is 1.05 bits per heavy atom. The van der Waals surface area contributed by atoms with Gasteiger partial charge in [0.1, 0.15) is 0 Å². The predicted octanol–water partition coefficient (Wildman–Crippen LogP) is 1.03. The summed E-state index contributed by atoms with van der Waals surface area (Å²) in [6.45, 7) is 5.61. The molecule has 0 heterocycles. The van der Waals surface area contributed by atoms with Crippen LogP contribution >= 0.6 is 0 Å². The van der Waals surface area contributed by atoms with Crippen LogP contribution in [-0.4, -0.2) is 43.2 Å². The number of rotatable bonds is 8. The van der Waals surface area contributed by atoms with Gasteiger partial charge in [0, 0.05) is 32.7 Å². The van der Waals surface area contributed by atoms with Crippen molar-refractivity contribution in [2.45, 2.75) is 20.4 Å². The third kappa shape index (κ3) is 4.28. The molecule has 0 unspecified atom stereocenters. The Morgan fingerprint density at radius 2 is 1.63 bits per heavy atom. The lowest BCUT2D eigenvalue weighted by Gasteiger charge is -2.28. The van der Waals surface area contributed by atoms with E-state index in [9.17, 15) is 8.42 Å². The molecule has 1 aromatic rings. The molecule has 19 heavy (non-hydrogen) atoms. The Labute approximate surface area is 116 Å². The third-order valence-electron chi connectivity index (χ3n) is 2.94. The first-order valence-electron chi connectivity index (χ1n) is 6.55. The second kappa shape index (κ2) is 7.59. The Balaban J connectivity index is 2.94. The summed E-state index contributed by atoms with van der Waals surface area (Å²) < 4.78 is 27.9. The molecule has 0 aliphatic rings. The maximum absolute atomic E-state index is 12.5. The second-order valence-electron chi connectivity index (χ2n) is 4.20. The van der Waals surface area contributed by atoms with E-state index < -0.39 is 10.2 Å². The summed E-state index contributed by atoms with van der Waals surface area (Å²) in [6, 6.07) is 9.55. The first-order chi connectivity index (χ1) is 9.06. The van der Waals surface area contributed by atoms with Gasteiger partial charge in [0.25, 0.3) is 10.2 Å². The largest absolute Gasteiger partial charge is 0.329 e. The summed E-state index contributed by atoms with van der Waals surface area (Å²) in [5, 5.41) is 0. The van der Waals surface area contributed by atoms with Gasteiger partial charge in [-0.2, -0.15) is 17.0 Å². The van der Waals surface area contributed by atoms with Crippen LogP contribution in [0, 0.1) is 0 Å². The molecule has 6 heteroatoms. The molecule has 0 saturated carbocycles. The molecule has 0 aromatic heterocycles. The van der Waals surface area contributed by atoms with Gasteiger partial charge >= 0.3 is 0 Å². The summed E-state index contributed by atoms with van der Waals surface area (Å²) in [4.78, 5) is 0. The van der Waals surface area contributed by atoms with E-state index in [4.69, 9.17) is 5.73 Å². The Hall–Kier alpha value is -0.950. The summed E-state index contributed by atoms with van der Waals surface area (Å²) in [5.41, 5.74) is 6.50. The van der Waals surface area contributed by atoms with Gasteiger partial charge < -0.3 is 5.73 Å². The zero-order chi connectivity index (χ0) is 14.3. The smallest absolute Gasteiger partial charge is 0.282 e. The van der Waals surface area contributed by atoms with Crippen LogP contribution in [0.15, 0.2) is 30.3 Å². The van der Waals surface area contributed by atoms with E-state index in [-0.39, 0.29) is 0 Å². The van der Waals surface area contributed by atoms with Crippen molar-refractivity contribution >= 4 is 10.2 Å². The Morgan fingerprint density at radius 3 is 2.11 bits per heavy atom. The lowest BCUT2D eigenvalue weighted by atomic mass is 10.2. The van der Waals surface area contributed by atoms with E-state index in [1.165, 1.54) is 8.61 Å². The molecule has 5 nitrogen and oxygen atoms in total. The van der Waals surface area contributed by atoms with E-state index in [1.54, 1.807) is 0 Å². The molecule has 0 fully saturated rings. The van der Waals surface area contributed by atoms with E-state index >= 15 is 0 Å². The normalized spacial score (nSPS) is 12.3. The van der Waals surface area contributed by atoms with Crippen molar-refractivity contribution in [1.82, 2.24) is 8.61 Å². The lowest BCUT2D eigenvalue weighted by Crippen LogP contribution is -2.45. The molecule has 108 valence electrons. The number of nitrogens with two attached hydrogens (primary N) is 1. The SMILES string of the molecule is CCN(CC)S(=O)(=O)N(CCN)Cc1ccccc1. The minimum absolute atomic E-state index is 0.313. The van der Waals surface area contributed by atoms with E-state index in [0.717, 1.165) is 5.56 Å². The average Bonchev–Trinajstić information content (AvgIpc) is 2.40. The van der Waals surface area contributed by atoms with Gasteiger partial charge in [0.05, 0.1) is 0 Å². The molecule has 0 radical (unpaired) electrons. The van der Waals surface area contributed by atoms with Crippen molar-refractivity contribution < 1.29 is 8.42 Å². The van der Waals surface area contributed by atoms with Gasteiger partial charge in [-0.15, -0.1) is 0 Å². The van der Waals surface area contributed by atoms with Crippen LogP contribution in [0.5, 0.6) is 0 Å². The molecule has 0 saturated heterocycles. The van der Waals surface area contributed by atoms with Gasteiger partial charge in [-0.3, -0.25) is 0 Å². The minimum atomic E-state index is -3.44. The fraction of sp³-hybridized carbons (Fsp3) is 0.538. The van der Waals surface area contributed by atoms with Crippen molar-refractivity contribution in [3.8, 4) is 0 Å². The number of hydrogen-bond donors (Lipinski definition) is 1. The molecule has 0 spiro atoms.